The van der Waals surface area contributed by atoms with Crippen LogP contribution in [0.3, 0.4) is 0 Å². The quantitative estimate of drug-likeness (QED) is 0.819. The van der Waals surface area contributed by atoms with Crippen molar-refractivity contribution in [3.05, 3.63) is 76.9 Å². The summed E-state index contributed by atoms with van der Waals surface area (Å²) in [5, 5.41) is 2.60. The molecular weight excluding hydrogens is 368 g/mol. The zero-order chi connectivity index (χ0) is 18.2. The van der Waals surface area contributed by atoms with E-state index >= 15 is 0 Å². The van der Waals surface area contributed by atoms with Crippen LogP contribution in [0, 0.1) is 11.6 Å². The molecule has 0 bridgehead atoms. The second-order valence-corrected chi connectivity index (χ2v) is 8.38. The van der Waals surface area contributed by atoms with Crippen molar-refractivity contribution in [1.29, 1.82) is 0 Å². The van der Waals surface area contributed by atoms with Crippen molar-refractivity contribution in [2.75, 3.05) is 12.8 Å². The highest BCUT2D eigenvalue weighted by Crippen LogP contribution is 2.38. The average Bonchev–Trinajstić information content (AvgIpc) is 2.50. The molecule has 1 N–H and O–H groups in total. The zero-order valence-electron chi connectivity index (χ0n) is 13.3. The van der Waals surface area contributed by atoms with Crippen LogP contribution in [0.15, 0.2) is 54.1 Å². The van der Waals surface area contributed by atoms with Crippen LogP contribution in [0.4, 0.5) is 8.78 Å². The van der Waals surface area contributed by atoms with Crippen LogP contribution in [-0.4, -0.2) is 27.3 Å². The number of hydrogen-bond donors (Lipinski definition) is 1. The van der Waals surface area contributed by atoms with Gasteiger partial charge in [0.25, 0.3) is 0 Å². The first kappa shape index (κ1) is 18.0. The Hall–Kier alpha value is -1.76. The molecule has 1 heterocycles. The Labute approximate surface area is 150 Å². The third-order valence-electron chi connectivity index (χ3n) is 4.09. The molecule has 3 rings (SSSR count). The first-order chi connectivity index (χ1) is 11.8. The van der Waals surface area contributed by atoms with Crippen LogP contribution in [0.2, 0.25) is 0 Å². The minimum Gasteiger partial charge on any atom is -0.305 e. The molecule has 0 spiro atoms. The van der Waals surface area contributed by atoms with E-state index in [2.05, 4.69) is 5.32 Å². The molecule has 2 aromatic rings. The molecule has 1 aliphatic rings. The van der Waals surface area contributed by atoms with E-state index in [4.69, 9.17) is 11.6 Å². The summed E-state index contributed by atoms with van der Waals surface area (Å²) in [6, 6.07) is 11.5. The van der Waals surface area contributed by atoms with Crippen molar-refractivity contribution in [2.45, 2.75) is 11.4 Å². The Kier molecular flexibility index (Phi) is 4.95. The van der Waals surface area contributed by atoms with Crippen LogP contribution >= 0.6 is 11.6 Å². The molecule has 0 radical (unpaired) electrons. The number of rotatable bonds is 4. The van der Waals surface area contributed by atoms with E-state index in [9.17, 15) is 17.2 Å². The summed E-state index contributed by atoms with van der Waals surface area (Å²) in [7, 11) is -3.71. The highest BCUT2D eigenvalue weighted by Gasteiger charge is 2.36. The van der Waals surface area contributed by atoms with Crippen molar-refractivity contribution in [2.24, 2.45) is 0 Å². The standard InChI is InChI=1S/C18H16ClF2NO2S/c1-25(23,24)18(12-7-13(20)9-14(21)8-12)15-10-22-17(15)16(19)11-5-3-2-4-6-11/h2-9,16-17,22H,10H2,1H3. The maximum atomic E-state index is 13.6. The first-order valence-electron chi connectivity index (χ1n) is 7.59. The van der Waals surface area contributed by atoms with Gasteiger partial charge in [-0.1, -0.05) is 30.3 Å². The average molecular weight is 384 g/mol. The van der Waals surface area contributed by atoms with Gasteiger partial charge in [0.1, 0.15) is 11.6 Å². The van der Waals surface area contributed by atoms with Crippen LogP contribution < -0.4 is 5.32 Å². The molecule has 1 fully saturated rings. The van der Waals surface area contributed by atoms with Gasteiger partial charge >= 0.3 is 0 Å². The Morgan fingerprint density at radius 3 is 2.24 bits per heavy atom. The SMILES string of the molecule is CS(=O)(=O)C(=C1CNC1C(Cl)c1ccccc1)c1cc(F)cc(F)c1. The predicted molar refractivity (Wildman–Crippen MR) is 94.9 cm³/mol. The first-order valence-corrected chi connectivity index (χ1v) is 9.92. The van der Waals surface area contributed by atoms with Crippen molar-refractivity contribution in [1.82, 2.24) is 5.32 Å². The molecule has 0 aromatic heterocycles. The van der Waals surface area contributed by atoms with E-state index in [-0.39, 0.29) is 10.5 Å². The molecule has 0 saturated carbocycles. The lowest BCUT2D eigenvalue weighted by Crippen LogP contribution is -2.49. The summed E-state index contributed by atoms with van der Waals surface area (Å²) in [6.07, 6.45) is 1.03. The number of benzene rings is 2. The zero-order valence-corrected chi connectivity index (χ0v) is 14.9. The second kappa shape index (κ2) is 6.86. The van der Waals surface area contributed by atoms with Crippen LogP contribution in [-0.2, 0) is 9.84 Å². The highest BCUT2D eigenvalue weighted by molar-refractivity contribution is 8.00. The molecule has 1 saturated heterocycles. The Balaban J connectivity index is 2.09. The monoisotopic (exact) mass is 383 g/mol. The number of sulfone groups is 1. The number of alkyl halides is 1. The van der Waals surface area contributed by atoms with Gasteiger partial charge in [0, 0.05) is 18.9 Å². The maximum Gasteiger partial charge on any atom is 0.176 e. The topological polar surface area (TPSA) is 46.2 Å². The normalized spacial score (nSPS) is 20.7. The fourth-order valence-electron chi connectivity index (χ4n) is 2.98. The number of nitrogens with one attached hydrogen (secondary N) is 1. The molecule has 132 valence electrons. The molecule has 7 heteroatoms. The second-order valence-electron chi connectivity index (χ2n) is 5.96. The molecule has 25 heavy (non-hydrogen) atoms. The summed E-state index contributed by atoms with van der Waals surface area (Å²) in [5.41, 5.74) is 1.35. The Morgan fingerprint density at radius 2 is 1.76 bits per heavy atom. The van der Waals surface area contributed by atoms with E-state index in [1.807, 2.05) is 30.3 Å². The van der Waals surface area contributed by atoms with Gasteiger partial charge in [-0.3, -0.25) is 0 Å². The van der Waals surface area contributed by atoms with E-state index < -0.39 is 32.9 Å². The van der Waals surface area contributed by atoms with E-state index in [1.54, 1.807) is 0 Å². The van der Waals surface area contributed by atoms with Crippen LogP contribution in [0.5, 0.6) is 0 Å². The summed E-state index contributed by atoms with van der Waals surface area (Å²) < 4.78 is 51.8. The number of hydrogen-bond acceptors (Lipinski definition) is 3. The van der Waals surface area contributed by atoms with Gasteiger partial charge < -0.3 is 5.32 Å². The van der Waals surface area contributed by atoms with Gasteiger partial charge in [-0.15, -0.1) is 11.6 Å². The fourth-order valence-corrected chi connectivity index (χ4v) is 4.58. The van der Waals surface area contributed by atoms with Crippen molar-refractivity contribution >= 4 is 26.3 Å². The van der Waals surface area contributed by atoms with Crippen molar-refractivity contribution < 1.29 is 17.2 Å². The third kappa shape index (κ3) is 3.76. The van der Waals surface area contributed by atoms with Gasteiger partial charge in [-0.25, -0.2) is 17.2 Å². The van der Waals surface area contributed by atoms with Crippen molar-refractivity contribution in [3.63, 3.8) is 0 Å². The summed E-state index contributed by atoms with van der Waals surface area (Å²) in [6.45, 7) is 0.293. The Morgan fingerprint density at radius 1 is 1.16 bits per heavy atom. The lowest BCUT2D eigenvalue weighted by atomic mass is 9.90. The maximum absolute atomic E-state index is 13.6. The van der Waals surface area contributed by atoms with E-state index in [1.165, 1.54) is 0 Å². The molecule has 0 amide bonds. The molecule has 2 atom stereocenters. The number of halogens is 3. The van der Waals surface area contributed by atoms with Crippen LogP contribution in [0.25, 0.3) is 4.91 Å². The predicted octanol–water partition coefficient (Wildman–Crippen LogP) is 3.67. The third-order valence-corrected chi connectivity index (χ3v) is 5.83. The van der Waals surface area contributed by atoms with E-state index in [0.29, 0.717) is 18.2 Å². The van der Waals surface area contributed by atoms with Gasteiger partial charge in [0.2, 0.25) is 0 Å². The van der Waals surface area contributed by atoms with Gasteiger partial charge in [0.05, 0.1) is 16.3 Å². The fraction of sp³-hybridized carbons (Fsp3) is 0.222. The molecule has 1 aliphatic heterocycles. The minimum atomic E-state index is -3.71. The molecule has 2 aromatic carbocycles. The van der Waals surface area contributed by atoms with E-state index in [0.717, 1.165) is 24.0 Å². The van der Waals surface area contributed by atoms with Crippen molar-refractivity contribution in [3.8, 4) is 0 Å². The molecule has 3 nitrogen and oxygen atoms in total. The summed E-state index contributed by atoms with van der Waals surface area (Å²) in [5.74, 6) is -1.66. The van der Waals surface area contributed by atoms with Gasteiger partial charge in [-0.05, 0) is 28.8 Å². The summed E-state index contributed by atoms with van der Waals surface area (Å²) >= 11 is 6.51. The lowest BCUT2D eigenvalue weighted by molar-refractivity contribution is 0.479. The minimum absolute atomic E-state index is 0.00146. The summed E-state index contributed by atoms with van der Waals surface area (Å²) in [4.78, 5) is -0.0729. The molecule has 2 unspecified atom stereocenters. The highest BCUT2D eigenvalue weighted by atomic mass is 35.5. The largest absolute Gasteiger partial charge is 0.305 e. The van der Waals surface area contributed by atoms with Crippen LogP contribution in [0.1, 0.15) is 16.5 Å². The smallest absolute Gasteiger partial charge is 0.176 e. The Bertz CT molecular complexity index is 909. The molecule has 0 aliphatic carbocycles. The lowest BCUT2D eigenvalue weighted by Gasteiger charge is -2.37. The van der Waals surface area contributed by atoms with Gasteiger partial charge in [0.15, 0.2) is 9.84 Å². The van der Waals surface area contributed by atoms with Gasteiger partial charge in [-0.2, -0.15) is 0 Å². The molecular formula is C18H16ClF2NO2S.